The Morgan fingerprint density at radius 1 is 1.32 bits per heavy atom. The van der Waals surface area contributed by atoms with E-state index in [2.05, 4.69) is 5.32 Å². The highest BCUT2D eigenvalue weighted by Crippen LogP contribution is 2.36. The second-order valence-corrected chi connectivity index (χ2v) is 7.55. The van der Waals surface area contributed by atoms with Crippen LogP contribution >= 0.6 is 11.6 Å². The van der Waals surface area contributed by atoms with Crippen molar-refractivity contribution < 1.29 is 9.53 Å². The Morgan fingerprint density at radius 2 is 2.09 bits per heavy atom. The van der Waals surface area contributed by atoms with E-state index in [1.165, 1.54) is 12.8 Å². The van der Waals surface area contributed by atoms with Crippen LogP contribution in [0.2, 0.25) is 5.02 Å². The lowest BCUT2D eigenvalue weighted by molar-refractivity contribution is -0.573. The summed E-state index contributed by atoms with van der Waals surface area (Å²) < 4.78 is 11.6. The van der Waals surface area contributed by atoms with Gasteiger partial charge in [0.15, 0.2) is 5.69 Å². The Bertz CT molecular complexity index is 729. The van der Waals surface area contributed by atoms with E-state index in [9.17, 15) is 4.21 Å². The molecule has 116 valence electrons. The molecule has 3 nitrogen and oxygen atoms in total. The van der Waals surface area contributed by atoms with Crippen LogP contribution in [-0.4, -0.2) is 17.0 Å². The smallest absolute Gasteiger partial charge is 0.154 e. The average molecular weight is 336 g/mol. The van der Waals surface area contributed by atoms with Gasteiger partial charge in [-0.1, -0.05) is 23.7 Å². The summed E-state index contributed by atoms with van der Waals surface area (Å²) in [7, 11) is -1.01. The molecule has 5 heteroatoms. The first-order chi connectivity index (χ1) is 10.6. The third kappa shape index (κ3) is 3.35. The summed E-state index contributed by atoms with van der Waals surface area (Å²) in [6.45, 7) is 1.07. The van der Waals surface area contributed by atoms with E-state index in [0.717, 1.165) is 34.2 Å². The van der Waals surface area contributed by atoms with Gasteiger partial charge in [0, 0.05) is 39.5 Å². The molecule has 3 rings (SSSR count). The van der Waals surface area contributed by atoms with Crippen molar-refractivity contribution in [2.75, 3.05) is 18.5 Å². The Kier molecular flexibility index (Phi) is 4.52. The highest BCUT2D eigenvalue weighted by molar-refractivity contribution is 7.84. The third-order valence-electron chi connectivity index (χ3n) is 4.06. The zero-order valence-electron chi connectivity index (χ0n) is 12.5. The van der Waals surface area contributed by atoms with Crippen LogP contribution in [0.1, 0.15) is 12.8 Å². The van der Waals surface area contributed by atoms with Gasteiger partial charge in [0.05, 0.1) is 11.6 Å². The molecular weight excluding hydrogens is 316 g/mol. The quantitative estimate of drug-likeness (QED) is 0.825. The number of rotatable bonds is 5. The molecule has 0 aliphatic heterocycles. The summed E-state index contributed by atoms with van der Waals surface area (Å²) in [5.74, 6) is 0.828. The van der Waals surface area contributed by atoms with Crippen molar-refractivity contribution in [3.8, 4) is 11.1 Å². The minimum atomic E-state index is -1.01. The maximum Gasteiger partial charge on any atom is 0.154 e. The minimum Gasteiger partial charge on any atom is -0.393 e. The van der Waals surface area contributed by atoms with Gasteiger partial charge in [0.25, 0.3) is 0 Å². The normalized spacial score (nSPS) is 15.7. The van der Waals surface area contributed by atoms with Crippen LogP contribution in [0, 0.1) is 5.92 Å². The fourth-order valence-corrected chi connectivity index (χ4v) is 3.34. The average Bonchev–Trinajstić information content (AvgIpc) is 3.33. The van der Waals surface area contributed by atoms with Gasteiger partial charge in [0.2, 0.25) is 0 Å². The molecule has 1 aliphatic carbocycles. The monoisotopic (exact) mass is 335 g/mol. The van der Waals surface area contributed by atoms with Crippen molar-refractivity contribution in [2.45, 2.75) is 17.7 Å². The fraction of sp³-hybridized carbons (Fsp3) is 0.294. The van der Waals surface area contributed by atoms with Crippen molar-refractivity contribution in [1.29, 1.82) is 0 Å². The standard InChI is InChI=1S/C17H19ClN2OS/c1-22(21)13-4-2-3-12(9-13)14-7-8-15(17(19)16(14)18)20-10-11-5-6-11/h2-4,7-9,11,20H,5-6,10,19H2,1H3/p+1. The van der Waals surface area contributed by atoms with E-state index < -0.39 is 10.8 Å². The highest BCUT2D eigenvalue weighted by atomic mass is 35.5. The first-order valence-electron chi connectivity index (χ1n) is 7.41. The SMILES string of the molecule is CS(=O)c1cccc(-c2ccc([NH2+]CC3CC3)c(N)c2Cl)c1. The second kappa shape index (κ2) is 6.41. The van der Waals surface area contributed by atoms with E-state index >= 15 is 0 Å². The number of quaternary nitrogens is 1. The molecule has 0 aromatic heterocycles. The van der Waals surface area contributed by atoms with Crippen molar-refractivity contribution in [3.05, 3.63) is 41.4 Å². The van der Waals surface area contributed by atoms with Crippen molar-refractivity contribution in [1.82, 2.24) is 0 Å². The number of nitrogens with two attached hydrogens (primary N) is 2. The molecule has 2 aromatic carbocycles. The summed E-state index contributed by atoms with van der Waals surface area (Å²) in [5.41, 5.74) is 9.67. The Balaban J connectivity index is 1.92. The predicted octanol–water partition coefficient (Wildman–Crippen LogP) is 2.93. The molecule has 1 atom stereocenters. The van der Waals surface area contributed by atoms with Gasteiger partial charge in [-0.25, -0.2) is 0 Å². The molecule has 4 N–H and O–H groups in total. The van der Waals surface area contributed by atoms with E-state index in [-0.39, 0.29) is 0 Å². The summed E-state index contributed by atoms with van der Waals surface area (Å²) in [5, 5.41) is 2.75. The van der Waals surface area contributed by atoms with Gasteiger partial charge >= 0.3 is 0 Å². The molecule has 0 amide bonds. The van der Waals surface area contributed by atoms with Crippen molar-refractivity contribution in [3.63, 3.8) is 0 Å². The summed E-state index contributed by atoms with van der Waals surface area (Å²) >= 11 is 6.47. The maximum absolute atomic E-state index is 11.6. The van der Waals surface area contributed by atoms with E-state index in [1.807, 2.05) is 36.4 Å². The Morgan fingerprint density at radius 3 is 2.77 bits per heavy atom. The van der Waals surface area contributed by atoms with Gasteiger partial charge in [-0.2, -0.15) is 0 Å². The van der Waals surface area contributed by atoms with Crippen LogP contribution in [0.25, 0.3) is 11.1 Å². The maximum atomic E-state index is 11.6. The van der Waals surface area contributed by atoms with E-state index in [0.29, 0.717) is 10.7 Å². The third-order valence-corrected chi connectivity index (χ3v) is 5.38. The molecule has 1 unspecified atom stereocenters. The van der Waals surface area contributed by atoms with Gasteiger partial charge in [-0.05, 0) is 36.6 Å². The van der Waals surface area contributed by atoms with E-state index in [4.69, 9.17) is 17.3 Å². The largest absolute Gasteiger partial charge is 0.393 e. The lowest BCUT2D eigenvalue weighted by Crippen LogP contribution is -2.78. The molecular formula is C17H20ClN2OS+. The van der Waals surface area contributed by atoms with E-state index in [1.54, 1.807) is 6.26 Å². The van der Waals surface area contributed by atoms with Crippen LogP contribution in [0.5, 0.6) is 0 Å². The minimum absolute atomic E-state index is 0.573. The molecule has 2 aromatic rings. The zero-order valence-corrected chi connectivity index (χ0v) is 14.1. The van der Waals surface area contributed by atoms with Crippen LogP contribution in [0.3, 0.4) is 0 Å². The number of hydrogen-bond acceptors (Lipinski definition) is 2. The summed E-state index contributed by atoms with van der Waals surface area (Å²) in [4.78, 5) is 0.788. The van der Waals surface area contributed by atoms with Gasteiger partial charge in [0.1, 0.15) is 5.69 Å². The van der Waals surface area contributed by atoms with Gasteiger partial charge in [-0.3, -0.25) is 4.21 Å². The summed E-state index contributed by atoms with van der Waals surface area (Å²) in [6, 6.07) is 11.6. The van der Waals surface area contributed by atoms with Crippen LogP contribution in [-0.2, 0) is 10.8 Å². The molecule has 1 fully saturated rings. The topological polar surface area (TPSA) is 59.7 Å². The molecule has 0 radical (unpaired) electrons. The van der Waals surface area contributed by atoms with Crippen LogP contribution in [0.15, 0.2) is 41.3 Å². The Hall–Kier alpha value is -1.36. The predicted molar refractivity (Wildman–Crippen MR) is 92.8 cm³/mol. The highest BCUT2D eigenvalue weighted by Gasteiger charge is 2.24. The van der Waals surface area contributed by atoms with Crippen LogP contribution in [0.4, 0.5) is 11.4 Å². The number of hydrogen-bond donors (Lipinski definition) is 2. The Labute approximate surface area is 138 Å². The molecule has 1 saturated carbocycles. The van der Waals surface area contributed by atoms with Gasteiger partial charge < -0.3 is 11.1 Å². The molecule has 22 heavy (non-hydrogen) atoms. The number of nitrogen functional groups attached to an aromatic ring is 1. The lowest BCUT2D eigenvalue weighted by Gasteiger charge is -2.11. The van der Waals surface area contributed by atoms with Gasteiger partial charge in [-0.15, -0.1) is 0 Å². The molecule has 0 saturated heterocycles. The summed E-state index contributed by atoms with van der Waals surface area (Å²) in [6.07, 6.45) is 4.32. The number of anilines is 1. The first-order valence-corrected chi connectivity index (χ1v) is 9.35. The van der Waals surface area contributed by atoms with Crippen LogP contribution < -0.4 is 11.1 Å². The zero-order chi connectivity index (χ0) is 15.7. The molecule has 0 heterocycles. The first kappa shape index (κ1) is 15.5. The molecule has 1 aliphatic rings. The second-order valence-electron chi connectivity index (χ2n) is 5.80. The van der Waals surface area contributed by atoms with Crippen molar-refractivity contribution in [2.24, 2.45) is 5.92 Å². The fourth-order valence-electron chi connectivity index (χ4n) is 2.50. The molecule has 0 spiro atoms. The molecule has 0 bridgehead atoms. The lowest BCUT2D eigenvalue weighted by atomic mass is 10.0. The number of benzene rings is 2. The van der Waals surface area contributed by atoms with Crippen molar-refractivity contribution >= 4 is 33.8 Å². The number of halogens is 1.